The standard InChI is InChI=1S/C17H26O5/c1-14(2)10-21-17(22-11-14)8-12(6-7-15(3,4)19)13(18)9-16(17,5)20/h6-8,19-20H,9-11H2,1-5H3/b7-6+/t16-/m1/s1. The van der Waals surface area contributed by atoms with Gasteiger partial charge < -0.3 is 19.7 Å². The minimum Gasteiger partial charge on any atom is -0.386 e. The molecule has 5 nitrogen and oxygen atoms in total. The molecule has 0 bridgehead atoms. The van der Waals surface area contributed by atoms with Crippen LogP contribution in [0.25, 0.3) is 0 Å². The average Bonchev–Trinajstić information content (AvgIpc) is 2.33. The van der Waals surface area contributed by atoms with Crippen molar-refractivity contribution in [2.75, 3.05) is 13.2 Å². The lowest BCUT2D eigenvalue weighted by Crippen LogP contribution is -2.62. The number of ketones is 1. The second kappa shape index (κ2) is 5.27. The summed E-state index contributed by atoms with van der Waals surface area (Å²) in [6.07, 6.45) is 4.55. The molecule has 0 saturated carbocycles. The smallest absolute Gasteiger partial charge is 0.218 e. The number of allylic oxidation sites excluding steroid dienone is 2. The third kappa shape index (κ3) is 3.49. The normalized spacial score (nSPS) is 31.6. The molecule has 1 atom stereocenters. The molecule has 5 heteroatoms. The van der Waals surface area contributed by atoms with Crippen LogP contribution in [0.1, 0.15) is 41.0 Å². The van der Waals surface area contributed by atoms with Gasteiger partial charge in [0.15, 0.2) is 5.78 Å². The molecule has 2 rings (SSSR count). The molecule has 1 fully saturated rings. The Balaban J connectivity index is 2.36. The lowest BCUT2D eigenvalue weighted by molar-refractivity contribution is -0.335. The summed E-state index contributed by atoms with van der Waals surface area (Å²) in [4.78, 5) is 12.2. The van der Waals surface area contributed by atoms with Gasteiger partial charge in [0.25, 0.3) is 0 Å². The Bertz CT molecular complexity index is 510. The highest BCUT2D eigenvalue weighted by molar-refractivity contribution is 6.00. The largest absolute Gasteiger partial charge is 0.386 e. The molecular weight excluding hydrogens is 284 g/mol. The number of ether oxygens (including phenoxy) is 2. The van der Waals surface area contributed by atoms with Crippen molar-refractivity contribution in [3.8, 4) is 0 Å². The third-order valence-electron chi connectivity index (χ3n) is 3.95. The summed E-state index contributed by atoms with van der Waals surface area (Å²) in [5.41, 5.74) is -2.20. The molecular formula is C17H26O5. The first-order valence-electron chi connectivity index (χ1n) is 7.54. The van der Waals surface area contributed by atoms with E-state index in [1.807, 2.05) is 13.8 Å². The quantitative estimate of drug-likeness (QED) is 0.812. The molecule has 1 heterocycles. The van der Waals surface area contributed by atoms with Gasteiger partial charge in [-0.2, -0.15) is 0 Å². The molecule has 1 saturated heterocycles. The number of hydrogen-bond donors (Lipinski definition) is 2. The zero-order chi connectivity index (χ0) is 16.8. The Morgan fingerprint density at radius 1 is 1.23 bits per heavy atom. The van der Waals surface area contributed by atoms with Crippen LogP contribution < -0.4 is 0 Å². The lowest BCUT2D eigenvalue weighted by atomic mass is 9.79. The first-order chi connectivity index (χ1) is 9.86. The van der Waals surface area contributed by atoms with Gasteiger partial charge in [-0.1, -0.05) is 26.0 Å². The van der Waals surface area contributed by atoms with E-state index < -0.39 is 17.0 Å². The van der Waals surface area contributed by atoms with Crippen molar-refractivity contribution in [2.45, 2.75) is 58.0 Å². The van der Waals surface area contributed by atoms with E-state index in [1.54, 1.807) is 26.8 Å². The van der Waals surface area contributed by atoms with E-state index in [-0.39, 0.29) is 17.6 Å². The predicted molar refractivity (Wildman–Crippen MR) is 82.2 cm³/mol. The van der Waals surface area contributed by atoms with E-state index in [2.05, 4.69) is 0 Å². The zero-order valence-corrected chi connectivity index (χ0v) is 14.0. The van der Waals surface area contributed by atoms with Crippen LogP contribution in [0.4, 0.5) is 0 Å². The van der Waals surface area contributed by atoms with Crippen molar-refractivity contribution >= 4 is 5.78 Å². The molecule has 1 aliphatic carbocycles. The molecule has 2 aliphatic rings. The summed E-state index contributed by atoms with van der Waals surface area (Å²) < 4.78 is 11.7. The lowest BCUT2D eigenvalue weighted by Gasteiger charge is -2.50. The highest BCUT2D eigenvalue weighted by Crippen LogP contribution is 2.43. The molecule has 0 aromatic rings. The van der Waals surface area contributed by atoms with Gasteiger partial charge in [0.1, 0.15) is 5.60 Å². The van der Waals surface area contributed by atoms with E-state index >= 15 is 0 Å². The van der Waals surface area contributed by atoms with Crippen LogP contribution in [0.15, 0.2) is 23.8 Å². The van der Waals surface area contributed by atoms with Gasteiger partial charge >= 0.3 is 0 Å². The van der Waals surface area contributed by atoms with Gasteiger partial charge in [-0.25, -0.2) is 0 Å². The van der Waals surface area contributed by atoms with Gasteiger partial charge in [0.2, 0.25) is 5.79 Å². The van der Waals surface area contributed by atoms with Crippen LogP contribution in [0, 0.1) is 5.41 Å². The average molecular weight is 310 g/mol. The van der Waals surface area contributed by atoms with E-state index in [9.17, 15) is 15.0 Å². The summed E-state index contributed by atoms with van der Waals surface area (Å²) in [5, 5.41) is 20.4. The number of hydrogen-bond acceptors (Lipinski definition) is 5. The highest BCUT2D eigenvalue weighted by atomic mass is 16.7. The highest BCUT2D eigenvalue weighted by Gasteiger charge is 2.55. The number of carbonyl (C=O) groups is 1. The second-order valence-electron chi connectivity index (χ2n) is 7.87. The van der Waals surface area contributed by atoms with E-state index in [0.717, 1.165) is 0 Å². The molecule has 0 unspecified atom stereocenters. The molecule has 0 radical (unpaired) electrons. The monoisotopic (exact) mass is 310 g/mol. The molecule has 1 aliphatic heterocycles. The Hall–Kier alpha value is -1.01. The van der Waals surface area contributed by atoms with Gasteiger partial charge in [-0.3, -0.25) is 4.79 Å². The topological polar surface area (TPSA) is 76.0 Å². The third-order valence-corrected chi connectivity index (χ3v) is 3.95. The maximum absolute atomic E-state index is 12.2. The Kier molecular flexibility index (Phi) is 4.15. The minimum atomic E-state index is -1.42. The summed E-state index contributed by atoms with van der Waals surface area (Å²) in [6.45, 7) is 9.68. The van der Waals surface area contributed by atoms with Crippen molar-refractivity contribution in [1.82, 2.24) is 0 Å². The van der Waals surface area contributed by atoms with Crippen LogP contribution >= 0.6 is 0 Å². The van der Waals surface area contributed by atoms with Gasteiger partial charge in [-0.15, -0.1) is 0 Å². The van der Waals surface area contributed by atoms with Crippen LogP contribution in [0.5, 0.6) is 0 Å². The molecule has 0 aromatic heterocycles. The second-order valence-corrected chi connectivity index (χ2v) is 7.87. The number of carbonyl (C=O) groups excluding carboxylic acids is 1. The Labute approximate surface area is 131 Å². The van der Waals surface area contributed by atoms with E-state index in [4.69, 9.17) is 9.47 Å². The zero-order valence-electron chi connectivity index (χ0n) is 14.0. The SMILES string of the molecule is CC(C)(O)/C=C/C1=CC2(OCC(C)(C)CO2)[C@](C)(O)CC1=O. The Morgan fingerprint density at radius 2 is 1.77 bits per heavy atom. The fraction of sp³-hybridized carbons (Fsp3) is 0.706. The fourth-order valence-corrected chi connectivity index (χ4v) is 2.50. The summed E-state index contributed by atoms with van der Waals surface area (Å²) in [5.74, 6) is -1.52. The maximum atomic E-state index is 12.2. The number of aliphatic hydroxyl groups is 2. The van der Waals surface area contributed by atoms with Gasteiger partial charge in [-0.05, 0) is 26.8 Å². The molecule has 1 spiro atoms. The van der Waals surface area contributed by atoms with Crippen molar-refractivity contribution < 1.29 is 24.5 Å². The van der Waals surface area contributed by atoms with Crippen molar-refractivity contribution in [2.24, 2.45) is 5.41 Å². The molecule has 0 aromatic carbocycles. The fourth-order valence-electron chi connectivity index (χ4n) is 2.50. The number of Topliss-reactive ketones (excluding diaryl/α,β-unsaturated/α-hetero) is 1. The van der Waals surface area contributed by atoms with Gasteiger partial charge in [0, 0.05) is 17.4 Å². The molecule has 2 N–H and O–H groups in total. The minimum absolute atomic E-state index is 0.0878. The van der Waals surface area contributed by atoms with Crippen LogP contribution in [-0.2, 0) is 14.3 Å². The van der Waals surface area contributed by atoms with Crippen LogP contribution in [0.2, 0.25) is 0 Å². The van der Waals surface area contributed by atoms with Crippen LogP contribution in [0.3, 0.4) is 0 Å². The maximum Gasteiger partial charge on any atom is 0.218 e. The first kappa shape index (κ1) is 17.3. The summed E-state index contributed by atoms with van der Waals surface area (Å²) in [7, 11) is 0. The summed E-state index contributed by atoms with van der Waals surface area (Å²) in [6, 6.07) is 0. The van der Waals surface area contributed by atoms with Crippen LogP contribution in [-0.4, -0.2) is 46.2 Å². The van der Waals surface area contributed by atoms with E-state index in [1.165, 1.54) is 12.2 Å². The Morgan fingerprint density at radius 3 is 2.27 bits per heavy atom. The summed E-state index contributed by atoms with van der Waals surface area (Å²) >= 11 is 0. The molecule has 22 heavy (non-hydrogen) atoms. The first-order valence-corrected chi connectivity index (χ1v) is 7.54. The van der Waals surface area contributed by atoms with E-state index in [0.29, 0.717) is 18.8 Å². The molecule has 124 valence electrons. The van der Waals surface area contributed by atoms with Crippen molar-refractivity contribution in [3.63, 3.8) is 0 Å². The number of rotatable bonds is 2. The van der Waals surface area contributed by atoms with Crippen molar-refractivity contribution in [1.29, 1.82) is 0 Å². The predicted octanol–water partition coefficient (Wildman–Crippen LogP) is 1.73. The van der Waals surface area contributed by atoms with Crippen molar-refractivity contribution in [3.05, 3.63) is 23.8 Å². The van der Waals surface area contributed by atoms with Gasteiger partial charge in [0.05, 0.1) is 18.8 Å². The molecule has 0 amide bonds.